The van der Waals surface area contributed by atoms with E-state index in [0.29, 0.717) is 36.5 Å². The number of nitrogens with two attached hydrogens (primary N) is 1. The molecular formula is C10H15N6O4P. The van der Waals surface area contributed by atoms with Crippen molar-refractivity contribution in [3.8, 4) is 0 Å². The van der Waals surface area contributed by atoms with Gasteiger partial charge in [-0.15, -0.1) is 0 Å². The summed E-state index contributed by atoms with van der Waals surface area (Å²) in [5.74, 6) is 0.312. The van der Waals surface area contributed by atoms with Gasteiger partial charge in [-0.1, -0.05) is 0 Å². The molecule has 21 heavy (non-hydrogen) atoms. The monoisotopic (exact) mass is 314 g/mol. The van der Waals surface area contributed by atoms with Crippen LogP contribution in [0.15, 0.2) is 12.7 Å². The fraction of sp³-hybridized carbons (Fsp3) is 0.500. The zero-order valence-electron chi connectivity index (χ0n) is 11.0. The summed E-state index contributed by atoms with van der Waals surface area (Å²) < 4.78 is 17.8. The number of fused-ring (bicyclic) bond motifs is 1. The molecule has 0 spiro atoms. The number of hydrogen-bond donors (Lipinski definition) is 3. The second kappa shape index (κ2) is 5.23. The van der Waals surface area contributed by atoms with Gasteiger partial charge in [-0.25, -0.2) is 19.6 Å². The van der Waals surface area contributed by atoms with Gasteiger partial charge in [0.2, 0.25) is 0 Å². The Balaban J connectivity index is 1.73. The molecule has 0 aromatic carbocycles. The van der Waals surface area contributed by atoms with Gasteiger partial charge in [0.25, 0.3) is 0 Å². The van der Waals surface area contributed by atoms with Crippen molar-refractivity contribution in [2.75, 3.05) is 30.2 Å². The van der Waals surface area contributed by atoms with Crippen LogP contribution in [0.5, 0.6) is 0 Å². The van der Waals surface area contributed by atoms with Gasteiger partial charge in [0.1, 0.15) is 19.0 Å². The SMILES string of the molecule is Nc1ncnc2c1ncn2N1CCC(OCP(=O)(O)O)C1. The maximum atomic E-state index is 10.8. The average molecular weight is 314 g/mol. The van der Waals surface area contributed by atoms with Gasteiger partial charge in [0.05, 0.1) is 12.6 Å². The summed E-state index contributed by atoms with van der Waals surface area (Å²) >= 11 is 0. The summed E-state index contributed by atoms with van der Waals surface area (Å²) in [6.45, 7) is 1.16. The molecule has 1 atom stereocenters. The van der Waals surface area contributed by atoms with Crippen molar-refractivity contribution in [2.24, 2.45) is 0 Å². The lowest BCUT2D eigenvalue weighted by molar-refractivity contribution is 0.0897. The van der Waals surface area contributed by atoms with Gasteiger partial charge >= 0.3 is 7.60 Å². The standard InChI is InChI=1S/C10H15N6O4P/c11-9-8-10(13-4-12-9)16(5-14-8)15-2-1-7(3-15)20-6-21(17,18)19/h4-5,7H,1-3,6H2,(H2,11,12,13)(H2,17,18,19). The van der Waals surface area contributed by atoms with Crippen molar-refractivity contribution < 1.29 is 19.1 Å². The number of aromatic nitrogens is 4. The molecule has 11 heteroatoms. The van der Waals surface area contributed by atoms with Crippen LogP contribution in [0.1, 0.15) is 6.42 Å². The number of nitrogen functional groups attached to an aromatic ring is 1. The molecule has 2 aromatic rings. The topological polar surface area (TPSA) is 140 Å². The molecule has 3 rings (SSSR count). The molecule has 0 aliphatic carbocycles. The predicted molar refractivity (Wildman–Crippen MR) is 74.1 cm³/mol. The zero-order chi connectivity index (χ0) is 15.0. The van der Waals surface area contributed by atoms with Gasteiger partial charge in [-0.3, -0.25) is 4.57 Å². The Bertz CT molecular complexity index is 700. The number of ether oxygens (including phenoxy) is 1. The van der Waals surface area contributed by atoms with Gasteiger partial charge < -0.3 is 25.3 Å². The molecule has 2 aromatic heterocycles. The van der Waals surface area contributed by atoms with E-state index in [-0.39, 0.29) is 6.10 Å². The van der Waals surface area contributed by atoms with Crippen LogP contribution >= 0.6 is 7.60 Å². The molecule has 4 N–H and O–H groups in total. The molecule has 0 radical (unpaired) electrons. The van der Waals surface area contributed by atoms with Gasteiger partial charge in [-0.05, 0) is 6.42 Å². The van der Waals surface area contributed by atoms with Crippen LogP contribution in [0.3, 0.4) is 0 Å². The van der Waals surface area contributed by atoms with Crippen molar-refractivity contribution >= 4 is 24.6 Å². The van der Waals surface area contributed by atoms with Crippen LogP contribution < -0.4 is 10.7 Å². The Kier molecular flexibility index (Phi) is 3.54. The third-order valence-corrected chi connectivity index (χ3v) is 3.74. The van der Waals surface area contributed by atoms with Crippen molar-refractivity contribution in [1.29, 1.82) is 0 Å². The van der Waals surface area contributed by atoms with Gasteiger partial charge in [-0.2, -0.15) is 0 Å². The van der Waals surface area contributed by atoms with Crippen molar-refractivity contribution in [1.82, 2.24) is 19.6 Å². The van der Waals surface area contributed by atoms with Gasteiger partial charge in [0.15, 0.2) is 17.0 Å². The summed E-state index contributed by atoms with van der Waals surface area (Å²) in [7, 11) is -4.14. The first-order valence-corrected chi connectivity index (χ1v) is 8.09. The lowest BCUT2D eigenvalue weighted by Crippen LogP contribution is -2.33. The van der Waals surface area contributed by atoms with Gasteiger partial charge in [0, 0.05) is 6.54 Å². The minimum absolute atomic E-state index is 0.241. The molecule has 1 aliphatic rings. The highest BCUT2D eigenvalue weighted by molar-refractivity contribution is 7.51. The molecule has 1 fully saturated rings. The molecule has 0 saturated carbocycles. The molecule has 10 nitrogen and oxygen atoms in total. The predicted octanol–water partition coefficient (Wildman–Crippen LogP) is -0.729. The summed E-state index contributed by atoms with van der Waals surface area (Å²) in [5.41, 5.74) is 6.85. The number of rotatable bonds is 4. The fourth-order valence-electron chi connectivity index (χ4n) is 2.29. The maximum Gasteiger partial charge on any atom is 0.350 e. The first-order chi connectivity index (χ1) is 9.94. The highest BCUT2D eigenvalue weighted by Crippen LogP contribution is 2.35. The summed E-state index contributed by atoms with van der Waals surface area (Å²) in [5, 5.41) is 1.94. The van der Waals surface area contributed by atoms with Crippen LogP contribution in [-0.4, -0.2) is 55.0 Å². The van der Waals surface area contributed by atoms with Crippen LogP contribution in [-0.2, 0) is 9.30 Å². The maximum absolute atomic E-state index is 10.8. The molecule has 0 amide bonds. The number of anilines is 1. The van der Waals surface area contributed by atoms with E-state index in [0.717, 1.165) is 0 Å². The summed E-state index contributed by atoms with van der Waals surface area (Å²) in [6.07, 6.45) is 2.83. The second-order valence-corrected chi connectivity index (χ2v) is 6.39. The quantitative estimate of drug-likeness (QED) is 0.623. The van der Waals surface area contributed by atoms with Crippen molar-refractivity contribution in [3.05, 3.63) is 12.7 Å². The first-order valence-electron chi connectivity index (χ1n) is 6.29. The van der Waals surface area contributed by atoms with E-state index in [9.17, 15) is 4.57 Å². The van der Waals surface area contributed by atoms with Crippen LogP contribution in [0, 0.1) is 0 Å². The molecule has 114 valence electrons. The highest BCUT2D eigenvalue weighted by Gasteiger charge is 2.27. The normalized spacial score (nSPS) is 19.5. The Morgan fingerprint density at radius 1 is 1.43 bits per heavy atom. The van der Waals surface area contributed by atoms with E-state index in [1.54, 1.807) is 11.0 Å². The van der Waals surface area contributed by atoms with E-state index >= 15 is 0 Å². The van der Waals surface area contributed by atoms with Crippen LogP contribution in [0.25, 0.3) is 11.2 Å². The summed E-state index contributed by atoms with van der Waals surface area (Å²) in [6, 6.07) is 0. The Hall–Kier alpha value is -1.74. The van der Waals surface area contributed by atoms with E-state index < -0.39 is 13.9 Å². The zero-order valence-corrected chi connectivity index (χ0v) is 11.9. The fourth-order valence-corrected chi connectivity index (χ4v) is 2.70. The van der Waals surface area contributed by atoms with Crippen LogP contribution in [0.2, 0.25) is 0 Å². The minimum atomic E-state index is -4.14. The lowest BCUT2D eigenvalue weighted by atomic mass is 10.3. The van der Waals surface area contributed by atoms with E-state index in [2.05, 4.69) is 15.0 Å². The number of imidazole rings is 1. The molecular weight excluding hydrogens is 299 g/mol. The number of nitrogens with zero attached hydrogens (tertiary/aromatic N) is 5. The van der Waals surface area contributed by atoms with E-state index in [4.69, 9.17) is 20.3 Å². The Morgan fingerprint density at radius 2 is 2.24 bits per heavy atom. The molecule has 1 aliphatic heterocycles. The third-order valence-electron chi connectivity index (χ3n) is 3.25. The first kappa shape index (κ1) is 14.2. The van der Waals surface area contributed by atoms with Crippen LogP contribution in [0.4, 0.5) is 5.82 Å². The third kappa shape index (κ3) is 2.98. The largest absolute Gasteiger partial charge is 0.382 e. The second-order valence-electron chi connectivity index (χ2n) is 4.80. The average Bonchev–Trinajstić information content (AvgIpc) is 3.02. The molecule has 3 heterocycles. The van der Waals surface area contributed by atoms with E-state index in [1.165, 1.54) is 6.33 Å². The Labute approximate surface area is 119 Å². The molecule has 1 saturated heterocycles. The molecule has 0 bridgehead atoms. The Morgan fingerprint density at radius 3 is 3.00 bits per heavy atom. The smallest absolute Gasteiger partial charge is 0.350 e. The highest BCUT2D eigenvalue weighted by atomic mass is 31.2. The van der Waals surface area contributed by atoms with E-state index in [1.807, 2.05) is 5.01 Å². The molecule has 1 unspecified atom stereocenters. The number of hydrogen-bond acceptors (Lipinski definition) is 7. The van der Waals surface area contributed by atoms with Crippen molar-refractivity contribution in [2.45, 2.75) is 12.5 Å². The lowest BCUT2D eigenvalue weighted by Gasteiger charge is -2.20. The summed E-state index contributed by atoms with van der Waals surface area (Å²) in [4.78, 5) is 29.9. The van der Waals surface area contributed by atoms with Crippen molar-refractivity contribution in [3.63, 3.8) is 0 Å². The minimum Gasteiger partial charge on any atom is -0.382 e.